The third kappa shape index (κ3) is 1.93. The number of carbonyl (C=O) groups is 1. The SMILES string of the molecule is O=CNCC1=CCOC=C1. The second-order valence-electron chi connectivity index (χ2n) is 1.91. The monoisotopic (exact) mass is 139 g/mol. The van der Waals surface area contributed by atoms with Crippen molar-refractivity contribution >= 4 is 6.41 Å². The van der Waals surface area contributed by atoms with Gasteiger partial charge in [0.25, 0.3) is 0 Å². The Balaban J connectivity index is 2.32. The minimum Gasteiger partial charge on any atom is -0.497 e. The lowest BCUT2D eigenvalue weighted by Crippen LogP contribution is -2.14. The topological polar surface area (TPSA) is 38.3 Å². The van der Waals surface area contributed by atoms with Gasteiger partial charge in [-0.05, 0) is 17.7 Å². The zero-order chi connectivity index (χ0) is 7.23. The molecule has 0 unspecified atom stereocenters. The summed E-state index contributed by atoms with van der Waals surface area (Å²) in [6.45, 7) is 1.19. The lowest BCUT2D eigenvalue weighted by atomic mass is 10.2. The third-order valence-electron chi connectivity index (χ3n) is 1.21. The molecule has 10 heavy (non-hydrogen) atoms. The smallest absolute Gasteiger partial charge is 0.207 e. The molecule has 0 fully saturated rings. The van der Waals surface area contributed by atoms with Gasteiger partial charge in [0, 0.05) is 6.54 Å². The van der Waals surface area contributed by atoms with E-state index in [0.29, 0.717) is 19.6 Å². The van der Waals surface area contributed by atoms with Gasteiger partial charge in [-0.3, -0.25) is 4.79 Å². The van der Waals surface area contributed by atoms with Crippen LogP contribution in [0.15, 0.2) is 24.0 Å². The van der Waals surface area contributed by atoms with Crippen molar-refractivity contribution in [2.45, 2.75) is 0 Å². The van der Waals surface area contributed by atoms with Crippen LogP contribution in [-0.2, 0) is 9.53 Å². The molecule has 54 valence electrons. The summed E-state index contributed by atoms with van der Waals surface area (Å²) in [6.07, 6.45) is 6.07. The summed E-state index contributed by atoms with van der Waals surface area (Å²) >= 11 is 0. The molecule has 0 spiro atoms. The summed E-state index contributed by atoms with van der Waals surface area (Å²) in [6, 6.07) is 0. The first-order valence-electron chi connectivity index (χ1n) is 3.07. The maximum atomic E-state index is 9.85. The number of carbonyl (C=O) groups excluding carboxylic acids is 1. The molecule has 3 nitrogen and oxygen atoms in total. The zero-order valence-corrected chi connectivity index (χ0v) is 5.54. The van der Waals surface area contributed by atoms with Crippen LogP contribution in [0.2, 0.25) is 0 Å². The molecule has 1 amide bonds. The molecule has 0 saturated heterocycles. The summed E-state index contributed by atoms with van der Waals surface area (Å²) < 4.78 is 4.91. The van der Waals surface area contributed by atoms with Crippen LogP contribution in [0.5, 0.6) is 0 Å². The van der Waals surface area contributed by atoms with E-state index in [2.05, 4.69) is 5.32 Å². The van der Waals surface area contributed by atoms with E-state index in [1.807, 2.05) is 12.2 Å². The van der Waals surface area contributed by atoms with Gasteiger partial charge in [0.1, 0.15) is 6.61 Å². The second-order valence-corrected chi connectivity index (χ2v) is 1.91. The van der Waals surface area contributed by atoms with E-state index in [1.165, 1.54) is 0 Å². The highest BCUT2D eigenvalue weighted by molar-refractivity contribution is 5.47. The first-order chi connectivity index (χ1) is 4.93. The van der Waals surface area contributed by atoms with Gasteiger partial charge in [-0.25, -0.2) is 0 Å². The number of hydrogen-bond acceptors (Lipinski definition) is 2. The highest BCUT2D eigenvalue weighted by Gasteiger charge is 1.94. The Morgan fingerprint density at radius 1 is 1.80 bits per heavy atom. The minimum atomic E-state index is 0.587. The molecule has 0 radical (unpaired) electrons. The van der Waals surface area contributed by atoms with Gasteiger partial charge in [0.2, 0.25) is 6.41 Å². The molecule has 0 aliphatic carbocycles. The highest BCUT2D eigenvalue weighted by Crippen LogP contribution is 2.00. The Kier molecular flexibility index (Phi) is 2.55. The highest BCUT2D eigenvalue weighted by atomic mass is 16.5. The molecule has 0 bridgehead atoms. The Labute approximate surface area is 59.4 Å². The van der Waals surface area contributed by atoms with Crippen LogP contribution in [0.3, 0.4) is 0 Å². The lowest BCUT2D eigenvalue weighted by Gasteiger charge is -2.06. The van der Waals surface area contributed by atoms with Crippen molar-refractivity contribution in [2.75, 3.05) is 13.2 Å². The second kappa shape index (κ2) is 3.71. The number of nitrogens with one attached hydrogen (secondary N) is 1. The van der Waals surface area contributed by atoms with Gasteiger partial charge in [0.15, 0.2) is 0 Å². The van der Waals surface area contributed by atoms with Crippen molar-refractivity contribution in [2.24, 2.45) is 0 Å². The lowest BCUT2D eigenvalue weighted by molar-refractivity contribution is -0.109. The van der Waals surface area contributed by atoms with E-state index in [-0.39, 0.29) is 0 Å². The fourth-order valence-electron chi connectivity index (χ4n) is 0.705. The molecular formula is C7H9NO2. The molecule has 1 rings (SSSR count). The summed E-state index contributed by atoms with van der Waals surface area (Å²) in [5.74, 6) is 0. The maximum absolute atomic E-state index is 9.85. The van der Waals surface area contributed by atoms with Crippen LogP contribution < -0.4 is 5.32 Å². The van der Waals surface area contributed by atoms with Crippen molar-refractivity contribution in [3.63, 3.8) is 0 Å². The Morgan fingerprint density at radius 3 is 3.30 bits per heavy atom. The van der Waals surface area contributed by atoms with Gasteiger partial charge in [0.05, 0.1) is 6.26 Å². The minimum absolute atomic E-state index is 0.587. The van der Waals surface area contributed by atoms with Crippen molar-refractivity contribution < 1.29 is 9.53 Å². The maximum Gasteiger partial charge on any atom is 0.207 e. The van der Waals surface area contributed by atoms with Gasteiger partial charge >= 0.3 is 0 Å². The van der Waals surface area contributed by atoms with Gasteiger partial charge in [-0.2, -0.15) is 0 Å². The number of ether oxygens (including phenoxy) is 1. The van der Waals surface area contributed by atoms with Crippen LogP contribution in [0.4, 0.5) is 0 Å². The van der Waals surface area contributed by atoms with Crippen LogP contribution in [0.1, 0.15) is 0 Å². The average Bonchev–Trinajstić information content (AvgIpc) is 2.03. The van der Waals surface area contributed by atoms with E-state index in [4.69, 9.17) is 4.74 Å². The molecule has 1 heterocycles. The van der Waals surface area contributed by atoms with Crippen LogP contribution in [-0.4, -0.2) is 19.6 Å². The van der Waals surface area contributed by atoms with E-state index in [1.54, 1.807) is 6.26 Å². The van der Waals surface area contributed by atoms with E-state index in [9.17, 15) is 4.79 Å². The quantitative estimate of drug-likeness (QED) is 0.567. The predicted octanol–water partition coefficient (Wildman–Crippen LogP) is 0.203. The fourth-order valence-corrected chi connectivity index (χ4v) is 0.705. The van der Waals surface area contributed by atoms with Crippen molar-refractivity contribution in [3.8, 4) is 0 Å². The van der Waals surface area contributed by atoms with Crippen molar-refractivity contribution in [1.82, 2.24) is 5.32 Å². The van der Waals surface area contributed by atoms with E-state index >= 15 is 0 Å². The third-order valence-corrected chi connectivity index (χ3v) is 1.21. The molecule has 3 heteroatoms. The number of rotatable bonds is 3. The zero-order valence-electron chi connectivity index (χ0n) is 5.54. The van der Waals surface area contributed by atoms with Crippen LogP contribution in [0.25, 0.3) is 0 Å². The molecular weight excluding hydrogens is 130 g/mol. The average molecular weight is 139 g/mol. The molecule has 0 aromatic carbocycles. The van der Waals surface area contributed by atoms with Crippen molar-refractivity contribution in [1.29, 1.82) is 0 Å². The van der Waals surface area contributed by atoms with Gasteiger partial charge in [-0.1, -0.05) is 0 Å². The molecule has 1 aliphatic heterocycles. The van der Waals surface area contributed by atoms with E-state index in [0.717, 1.165) is 5.57 Å². The molecule has 0 atom stereocenters. The molecule has 0 saturated carbocycles. The Morgan fingerprint density at radius 2 is 2.70 bits per heavy atom. The summed E-state index contributed by atoms with van der Waals surface area (Å²) in [5.41, 5.74) is 1.08. The number of hydrogen-bond donors (Lipinski definition) is 1. The van der Waals surface area contributed by atoms with Crippen LogP contribution >= 0.6 is 0 Å². The first kappa shape index (κ1) is 6.86. The summed E-state index contributed by atoms with van der Waals surface area (Å²) in [7, 11) is 0. The largest absolute Gasteiger partial charge is 0.497 e. The van der Waals surface area contributed by atoms with Crippen LogP contribution in [0, 0.1) is 0 Å². The normalized spacial score (nSPS) is 15.4. The Bertz CT molecular complexity index is 172. The summed E-state index contributed by atoms with van der Waals surface area (Å²) in [4.78, 5) is 9.85. The predicted molar refractivity (Wildman–Crippen MR) is 37.2 cm³/mol. The van der Waals surface area contributed by atoms with Crippen molar-refractivity contribution in [3.05, 3.63) is 24.0 Å². The molecule has 1 aliphatic rings. The van der Waals surface area contributed by atoms with Gasteiger partial charge < -0.3 is 10.1 Å². The molecule has 0 aromatic heterocycles. The van der Waals surface area contributed by atoms with Gasteiger partial charge in [-0.15, -0.1) is 0 Å². The molecule has 0 aromatic rings. The van der Waals surface area contributed by atoms with E-state index < -0.39 is 0 Å². The standard InChI is InChI=1S/C7H9NO2/c9-6-8-5-7-1-3-10-4-2-7/h1-3,6H,4-5H2,(H,8,9). The first-order valence-corrected chi connectivity index (χ1v) is 3.07. The molecule has 1 N–H and O–H groups in total. The number of amides is 1. The summed E-state index contributed by atoms with van der Waals surface area (Å²) in [5, 5.41) is 2.56. The fraction of sp³-hybridized carbons (Fsp3) is 0.286. The Hall–Kier alpha value is -1.25.